The van der Waals surface area contributed by atoms with E-state index in [4.69, 9.17) is 0 Å². The maximum Gasteiger partial charge on any atom is 0.255 e. The number of nitrogens with one attached hydrogen (secondary N) is 3. The van der Waals surface area contributed by atoms with Crippen molar-refractivity contribution in [2.24, 2.45) is 5.41 Å². The van der Waals surface area contributed by atoms with Crippen molar-refractivity contribution in [1.82, 2.24) is 20.9 Å². The van der Waals surface area contributed by atoms with E-state index in [0.717, 1.165) is 43.7 Å². The third kappa shape index (κ3) is 3.37. The van der Waals surface area contributed by atoms with Gasteiger partial charge in [0.25, 0.3) is 5.91 Å². The molecule has 3 heterocycles. The zero-order valence-corrected chi connectivity index (χ0v) is 15.6. The van der Waals surface area contributed by atoms with E-state index in [1.807, 2.05) is 12.1 Å². The molecule has 0 bridgehead atoms. The second-order valence-electron chi connectivity index (χ2n) is 7.95. The van der Waals surface area contributed by atoms with Crippen LogP contribution in [-0.4, -0.2) is 48.3 Å². The van der Waals surface area contributed by atoms with Gasteiger partial charge in [0.1, 0.15) is 6.04 Å². The number of amides is 3. The molecule has 0 aliphatic carbocycles. The lowest BCUT2D eigenvalue weighted by Gasteiger charge is -2.42. The second-order valence-corrected chi connectivity index (χ2v) is 7.95. The first-order valence-electron chi connectivity index (χ1n) is 9.69. The molecule has 0 saturated carbocycles. The molecule has 27 heavy (non-hydrogen) atoms. The number of piperidine rings is 1. The molecule has 4 rings (SSSR count). The molecule has 2 fully saturated rings. The van der Waals surface area contributed by atoms with Crippen molar-refractivity contribution in [1.29, 1.82) is 0 Å². The van der Waals surface area contributed by atoms with Crippen molar-refractivity contribution < 1.29 is 14.4 Å². The first kappa shape index (κ1) is 18.1. The summed E-state index contributed by atoms with van der Waals surface area (Å²) in [5, 5.41) is 9.23. The van der Waals surface area contributed by atoms with Crippen molar-refractivity contribution >= 4 is 17.7 Å². The lowest BCUT2D eigenvalue weighted by molar-refractivity contribution is -0.136. The van der Waals surface area contributed by atoms with Gasteiger partial charge in [-0.1, -0.05) is 19.1 Å². The van der Waals surface area contributed by atoms with E-state index in [0.29, 0.717) is 23.9 Å². The number of fused-ring (bicyclic) bond motifs is 1. The average molecular weight is 370 g/mol. The third-order valence-corrected chi connectivity index (χ3v) is 6.17. The maximum absolute atomic E-state index is 12.7. The van der Waals surface area contributed by atoms with Crippen molar-refractivity contribution in [3.05, 3.63) is 34.9 Å². The Balaban J connectivity index is 1.40. The van der Waals surface area contributed by atoms with Gasteiger partial charge in [-0.15, -0.1) is 0 Å². The zero-order valence-electron chi connectivity index (χ0n) is 15.6. The number of benzene rings is 1. The largest absolute Gasteiger partial charge is 0.322 e. The first-order valence-corrected chi connectivity index (χ1v) is 9.69. The molecule has 1 aromatic rings. The highest BCUT2D eigenvalue weighted by molar-refractivity contribution is 6.05. The Morgan fingerprint density at radius 1 is 1.26 bits per heavy atom. The lowest BCUT2D eigenvalue weighted by Crippen LogP contribution is -2.57. The summed E-state index contributed by atoms with van der Waals surface area (Å²) in [5.41, 5.74) is 3.14. The van der Waals surface area contributed by atoms with Crippen LogP contribution in [0.15, 0.2) is 18.2 Å². The number of imide groups is 1. The number of hydrogen-bond donors (Lipinski definition) is 3. The minimum absolute atomic E-state index is 0.121. The van der Waals surface area contributed by atoms with Crippen LogP contribution in [0.4, 0.5) is 0 Å². The van der Waals surface area contributed by atoms with E-state index in [1.54, 1.807) is 4.90 Å². The first-order chi connectivity index (χ1) is 13.0. The molecule has 1 unspecified atom stereocenters. The molecule has 7 nitrogen and oxygen atoms in total. The molecule has 0 radical (unpaired) electrons. The van der Waals surface area contributed by atoms with Gasteiger partial charge in [-0.2, -0.15) is 0 Å². The molecule has 1 aromatic carbocycles. The van der Waals surface area contributed by atoms with E-state index in [2.05, 4.69) is 28.9 Å². The van der Waals surface area contributed by atoms with E-state index in [-0.39, 0.29) is 24.1 Å². The summed E-state index contributed by atoms with van der Waals surface area (Å²) in [6, 6.07) is 5.35. The van der Waals surface area contributed by atoms with E-state index < -0.39 is 6.04 Å². The summed E-state index contributed by atoms with van der Waals surface area (Å²) >= 11 is 0. The van der Waals surface area contributed by atoms with Gasteiger partial charge in [-0.05, 0) is 30.0 Å². The smallest absolute Gasteiger partial charge is 0.255 e. The summed E-state index contributed by atoms with van der Waals surface area (Å²) in [5.74, 6) is -0.752. The highest BCUT2D eigenvalue weighted by Gasteiger charge is 2.39. The van der Waals surface area contributed by atoms with Crippen molar-refractivity contribution in [2.45, 2.75) is 45.3 Å². The van der Waals surface area contributed by atoms with Crippen LogP contribution in [0.5, 0.6) is 0 Å². The van der Waals surface area contributed by atoms with Crippen LogP contribution in [0.1, 0.15) is 47.7 Å². The normalized spacial score (nSPS) is 23.8. The molecule has 2 saturated heterocycles. The Kier molecular flexibility index (Phi) is 4.74. The Morgan fingerprint density at radius 3 is 2.74 bits per heavy atom. The van der Waals surface area contributed by atoms with Gasteiger partial charge in [-0.25, -0.2) is 0 Å². The summed E-state index contributed by atoms with van der Waals surface area (Å²) in [4.78, 5) is 37.8. The van der Waals surface area contributed by atoms with Gasteiger partial charge >= 0.3 is 0 Å². The SMILES string of the molecule is CCC1(CNCc2ccc3c(c2)CN(C2CCC(=O)NC2=O)C3=O)CNC1. The predicted molar refractivity (Wildman–Crippen MR) is 99.8 cm³/mol. The highest BCUT2D eigenvalue weighted by Crippen LogP contribution is 2.29. The number of carbonyl (C=O) groups excluding carboxylic acids is 3. The number of hydrogen-bond acceptors (Lipinski definition) is 5. The number of rotatable bonds is 6. The highest BCUT2D eigenvalue weighted by atomic mass is 16.2. The molecule has 1 atom stereocenters. The molecular weight excluding hydrogens is 344 g/mol. The Hall–Kier alpha value is -2.25. The van der Waals surface area contributed by atoms with Gasteiger partial charge in [-0.3, -0.25) is 19.7 Å². The van der Waals surface area contributed by atoms with Gasteiger partial charge < -0.3 is 15.5 Å². The topological polar surface area (TPSA) is 90.5 Å². The fraction of sp³-hybridized carbons (Fsp3) is 0.550. The summed E-state index contributed by atoms with van der Waals surface area (Å²) in [6.07, 6.45) is 1.83. The second kappa shape index (κ2) is 7.05. The summed E-state index contributed by atoms with van der Waals surface area (Å²) < 4.78 is 0. The molecular formula is C20H26N4O3. The third-order valence-electron chi connectivity index (χ3n) is 6.17. The average Bonchev–Trinajstić information content (AvgIpc) is 2.93. The van der Waals surface area contributed by atoms with Gasteiger partial charge in [0.05, 0.1) is 0 Å². The molecule has 3 amide bonds. The van der Waals surface area contributed by atoms with E-state index in [1.165, 1.54) is 0 Å². The van der Waals surface area contributed by atoms with Crippen LogP contribution in [0.25, 0.3) is 0 Å². The van der Waals surface area contributed by atoms with Crippen LogP contribution >= 0.6 is 0 Å². The van der Waals surface area contributed by atoms with Gasteiger partial charge in [0.2, 0.25) is 11.8 Å². The predicted octanol–water partition coefficient (Wildman–Crippen LogP) is 0.537. The van der Waals surface area contributed by atoms with E-state index in [9.17, 15) is 14.4 Å². The standard InChI is InChI=1S/C20H26N4O3/c1-2-20(11-22-12-20)10-21-8-13-3-4-15-14(7-13)9-24(19(15)27)16-5-6-17(25)23-18(16)26/h3-4,7,16,21-22H,2,5-6,8-12H2,1H3,(H,23,25,26). The molecule has 3 aliphatic rings. The summed E-state index contributed by atoms with van der Waals surface area (Å²) in [6.45, 7) is 6.53. The Labute approximate surface area is 158 Å². The Bertz CT molecular complexity index is 782. The monoisotopic (exact) mass is 370 g/mol. The molecule has 3 aliphatic heterocycles. The lowest BCUT2D eigenvalue weighted by atomic mass is 9.79. The van der Waals surface area contributed by atoms with Crippen molar-refractivity contribution in [3.63, 3.8) is 0 Å². The molecule has 0 aromatic heterocycles. The quantitative estimate of drug-likeness (QED) is 0.636. The maximum atomic E-state index is 12.7. The van der Waals surface area contributed by atoms with E-state index >= 15 is 0 Å². The fourth-order valence-electron chi connectivity index (χ4n) is 4.19. The zero-order chi connectivity index (χ0) is 19.0. The number of nitrogens with zero attached hydrogens (tertiary/aromatic N) is 1. The van der Waals surface area contributed by atoms with Crippen LogP contribution in [-0.2, 0) is 22.7 Å². The minimum atomic E-state index is -0.556. The molecule has 3 N–H and O–H groups in total. The van der Waals surface area contributed by atoms with Crippen molar-refractivity contribution in [2.75, 3.05) is 19.6 Å². The Morgan fingerprint density at radius 2 is 2.07 bits per heavy atom. The van der Waals surface area contributed by atoms with Gasteiger partial charge in [0, 0.05) is 50.1 Å². The molecule has 0 spiro atoms. The fourth-order valence-corrected chi connectivity index (χ4v) is 4.19. The minimum Gasteiger partial charge on any atom is -0.322 e. The van der Waals surface area contributed by atoms with Crippen LogP contribution in [0, 0.1) is 5.41 Å². The van der Waals surface area contributed by atoms with Crippen LogP contribution in [0.3, 0.4) is 0 Å². The van der Waals surface area contributed by atoms with Crippen molar-refractivity contribution in [3.8, 4) is 0 Å². The molecule has 144 valence electrons. The van der Waals surface area contributed by atoms with Crippen LogP contribution < -0.4 is 16.0 Å². The summed E-state index contributed by atoms with van der Waals surface area (Å²) in [7, 11) is 0. The number of carbonyl (C=O) groups is 3. The van der Waals surface area contributed by atoms with Gasteiger partial charge in [0.15, 0.2) is 0 Å². The van der Waals surface area contributed by atoms with Crippen LogP contribution in [0.2, 0.25) is 0 Å². The molecule has 7 heteroatoms.